The van der Waals surface area contributed by atoms with Crippen LogP contribution in [-0.4, -0.2) is 25.2 Å². The van der Waals surface area contributed by atoms with Gasteiger partial charge in [-0.1, -0.05) is 63.2 Å². The Morgan fingerprint density at radius 1 is 0.840 bits per heavy atom. The number of carbonyl (C=O) groups is 2. The number of unbranched alkanes of at least 4 members (excludes halogenated alkanes) is 7. The van der Waals surface area contributed by atoms with E-state index < -0.39 is 0 Å². The van der Waals surface area contributed by atoms with Crippen molar-refractivity contribution in [1.82, 2.24) is 0 Å². The van der Waals surface area contributed by atoms with Gasteiger partial charge in [-0.05, 0) is 19.8 Å². The minimum absolute atomic E-state index is 0.0662. The maximum absolute atomic E-state index is 11.5. The van der Waals surface area contributed by atoms with Crippen LogP contribution in [0.5, 0.6) is 0 Å². The first-order valence-corrected chi connectivity index (χ1v) is 9.66. The molecule has 0 aromatic heterocycles. The first-order chi connectivity index (χ1) is 12.1. The lowest BCUT2D eigenvalue weighted by Crippen LogP contribution is -2.11. The Kier molecular flexibility index (Phi) is 16.2. The second-order valence-electron chi connectivity index (χ2n) is 6.49. The normalized spacial score (nSPS) is 10.8. The number of hydrogen-bond donors (Lipinski definition) is 0. The molecule has 0 N–H and O–H groups in total. The Morgan fingerprint density at radius 2 is 1.44 bits per heavy atom. The molecule has 0 aliphatic rings. The van der Waals surface area contributed by atoms with Crippen molar-refractivity contribution in [2.45, 2.75) is 84.5 Å². The van der Waals surface area contributed by atoms with E-state index in [1.807, 2.05) is 13.0 Å². The highest BCUT2D eigenvalue weighted by Crippen LogP contribution is 2.08. The molecule has 0 aliphatic heterocycles. The first-order valence-electron chi connectivity index (χ1n) is 9.66. The van der Waals surface area contributed by atoms with Gasteiger partial charge in [0.1, 0.15) is 6.61 Å². The fourth-order valence-electron chi connectivity index (χ4n) is 2.23. The van der Waals surface area contributed by atoms with Crippen LogP contribution >= 0.6 is 0 Å². The highest BCUT2D eigenvalue weighted by molar-refractivity contribution is 5.77. The molecule has 144 valence electrons. The summed E-state index contributed by atoms with van der Waals surface area (Å²) >= 11 is 0. The second kappa shape index (κ2) is 17.2. The van der Waals surface area contributed by atoms with Crippen molar-refractivity contribution >= 4 is 11.9 Å². The molecule has 4 nitrogen and oxygen atoms in total. The predicted molar refractivity (Wildman–Crippen MR) is 102 cm³/mol. The Bertz CT molecular complexity index is 399. The van der Waals surface area contributed by atoms with E-state index in [2.05, 4.69) is 19.6 Å². The van der Waals surface area contributed by atoms with Gasteiger partial charge in [0, 0.05) is 6.42 Å². The lowest BCUT2D eigenvalue weighted by atomic mass is 10.1. The summed E-state index contributed by atoms with van der Waals surface area (Å²) < 4.78 is 10.1. The van der Waals surface area contributed by atoms with Crippen LogP contribution in [0.25, 0.3) is 0 Å². The molecule has 0 saturated carbocycles. The summed E-state index contributed by atoms with van der Waals surface area (Å²) in [7, 11) is 0. The van der Waals surface area contributed by atoms with Crippen LogP contribution in [-0.2, 0) is 19.1 Å². The maximum atomic E-state index is 11.5. The fourth-order valence-corrected chi connectivity index (χ4v) is 2.23. The SMILES string of the molecule is C=C(C)CCOC(=O)CCC(=O)OC/C=C/CCCCCCCCC. The van der Waals surface area contributed by atoms with Crippen LogP contribution in [0, 0.1) is 0 Å². The maximum Gasteiger partial charge on any atom is 0.306 e. The number of allylic oxidation sites excluding steroid dienone is 1. The van der Waals surface area contributed by atoms with Gasteiger partial charge in [0.15, 0.2) is 0 Å². The van der Waals surface area contributed by atoms with Crippen molar-refractivity contribution in [3.63, 3.8) is 0 Å². The van der Waals surface area contributed by atoms with Gasteiger partial charge in [-0.25, -0.2) is 0 Å². The molecule has 0 spiro atoms. The third kappa shape index (κ3) is 18.6. The molecular formula is C21H36O4. The highest BCUT2D eigenvalue weighted by Gasteiger charge is 2.08. The smallest absolute Gasteiger partial charge is 0.306 e. The van der Waals surface area contributed by atoms with Crippen LogP contribution in [0.2, 0.25) is 0 Å². The second-order valence-corrected chi connectivity index (χ2v) is 6.49. The van der Waals surface area contributed by atoms with E-state index in [1.54, 1.807) is 0 Å². The van der Waals surface area contributed by atoms with Crippen LogP contribution in [0.3, 0.4) is 0 Å². The first kappa shape index (κ1) is 23.4. The van der Waals surface area contributed by atoms with Gasteiger partial charge in [-0.2, -0.15) is 0 Å². The Balaban J connectivity index is 3.44. The Labute approximate surface area is 153 Å². The average Bonchev–Trinajstić information content (AvgIpc) is 2.57. The third-order valence-corrected chi connectivity index (χ3v) is 3.81. The van der Waals surface area contributed by atoms with Crippen LogP contribution in [0.1, 0.15) is 84.5 Å². The van der Waals surface area contributed by atoms with Gasteiger partial charge >= 0.3 is 11.9 Å². The minimum atomic E-state index is -0.368. The lowest BCUT2D eigenvalue weighted by molar-refractivity contribution is -0.149. The topological polar surface area (TPSA) is 52.6 Å². The van der Waals surface area contributed by atoms with Gasteiger partial charge in [0.25, 0.3) is 0 Å². The van der Waals surface area contributed by atoms with E-state index in [0.717, 1.165) is 12.0 Å². The molecule has 0 aromatic carbocycles. The van der Waals surface area contributed by atoms with Gasteiger partial charge in [-0.15, -0.1) is 6.58 Å². The summed E-state index contributed by atoms with van der Waals surface area (Å²) in [6, 6.07) is 0. The van der Waals surface area contributed by atoms with Crippen molar-refractivity contribution in [2.75, 3.05) is 13.2 Å². The highest BCUT2D eigenvalue weighted by atomic mass is 16.5. The van der Waals surface area contributed by atoms with Crippen molar-refractivity contribution < 1.29 is 19.1 Å². The summed E-state index contributed by atoms with van der Waals surface area (Å²) in [5, 5.41) is 0. The molecule has 0 unspecified atom stereocenters. The van der Waals surface area contributed by atoms with E-state index in [0.29, 0.717) is 13.0 Å². The van der Waals surface area contributed by atoms with Crippen molar-refractivity contribution in [2.24, 2.45) is 0 Å². The number of ether oxygens (including phenoxy) is 2. The molecule has 0 aliphatic carbocycles. The van der Waals surface area contributed by atoms with Gasteiger partial charge in [-0.3, -0.25) is 9.59 Å². The number of esters is 2. The fraction of sp³-hybridized carbons (Fsp3) is 0.714. The zero-order valence-corrected chi connectivity index (χ0v) is 16.2. The minimum Gasteiger partial charge on any atom is -0.465 e. The van der Waals surface area contributed by atoms with E-state index in [9.17, 15) is 9.59 Å². The molecule has 0 rings (SSSR count). The molecule has 0 fully saturated rings. The third-order valence-electron chi connectivity index (χ3n) is 3.81. The lowest BCUT2D eigenvalue weighted by Gasteiger charge is -2.04. The largest absolute Gasteiger partial charge is 0.465 e. The molecule has 0 bridgehead atoms. The molecule has 0 heterocycles. The van der Waals surface area contributed by atoms with Gasteiger partial charge < -0.3 is 9.47 Å². The summed E-state index contributed by atoms with van der Waals surface area (Å²) in [5.41, 5.74) is 0.968. The molecule has 0 aromatic rings. The molecule has 25 heavy (non-hydrogen) atoms. The summed E-state index contributed by atoms with van der Waals surface area (Å²) in [6.07, 6.45) is 14.8. The van der Waals surface area contributed by atoms with Crippen molar-refractivity contribution in [3.8, 4) is 0 Å². The monoisotopic (exact) mass is 352 g/mol. The van der Waals surface area contributed by atoms with Gasteiger partial charge in [0.05, 0.1) is 19.4 Å². The molecule has 0 saturated heterocycles. The molecule has 0 atom stereocenters. The van der Waals surface area contributed by atoms with Crippen molar-refractivity contribution in [3.05, 3.63) is 24.3 Å². The number of carbonyl (C=O) groups excluding carboxylic acids is 2. The Morgan fingerprint density at radius 3 is 2.08 bits per heavy atom. The quantitative estimate of drug-likeness (QED) is 0.209. The Hall–Kier alpha value is -1.58. The summed E-state index contributed by atoms with van der Waals surface area (Å²) in [4.78, 5) is 22.9. The average molecular weight is 353 g/mol. The number of hydrogen-bond acceptors (Lipinski definition) is 4. The zero-order chi connectivity index (χ0) is 18.8. The van der Waals surface area contributed by atoms with E-state index in [4.69, 9.17) is 9.47 Å². The molecule has 4 heteroatoms. The number of rotatable bonds is 16. The predicted octanol–water partition coefficient (Wildman–Crippen LogP) is 5.52. The van der Waals surface area contributed by atoms with E-state index in [-0.39, 0.29) is 31.4 Å². The zero-order valence-electron chi connectivity index (χ0n) is 16.2. The van der Waals surface area contributed by atoms with Crippen LogP contribution in [0.4, 0.5) is 0 Å². The molecule has 0 amide bonds. The molecular weight excluding hydrogens is 316 g/mol. The van der Waals surface area contributed by atoms with Gasteiger partial charge in [0.2, 0.25) is 0 Å². The summed E-state index contributed by atoms with van der Waals surface area (Å²) in [6.45, 7) is 8.45. The van der Waals surface area contributed by atoms with Crippen molar-refractivity contribution in [1.29, 1.82) is 0 Å². The van der Waals surface area contributed by atoms with E-state index in [1.165, 1.54) is 44.9 Å². The molecule has 0 radical (unpaired) electrons. The van der Waals surface area contributed by atoms with E-state index >= 15 is 0 Å². The van der Waals surface area contributed by atoms with Crippen LogP contribution in [0.15, 0.2) is 24.3 Å². The van der Waals surface area contributed by atoms with Crippen LogP contribution < -0.4 is 0 Å². The summed E-state index contributed by atoms with van der Waals surface area (Å²) in [5.74, 6) is -0.731. The standard InChI is InChI=1S/C21H36O4/c1-4-5-6-7-8-9-10-11-12-13-17-24-20(22)14-15-21(23)25-18-16-19(2)3/h12-13H,2,4-11,14-18H2,1,3H3/b13-12+.